The summed E-state index contributed by atoms with van der Waals surface area (Å²) in [5.74, 6) is -1.15. The molecule has 1 aliphatic rings. The molecule has 1 aliphatic carbocycles. The van der Waals surface area contributed by atoms with Gasteiger partial charge in [0.05, 0.1) is 6.61 Å². The van der Waals surface area contributed by atoms with Crippen molar-refractivity contribution in [1.29, 1.82) is 0 Å². The smallest absolute Gasteiger partial charge is 0.314 e. The Bertz CT molecular complexity index is 455. The molecule has 0 heterocycles. The average Bonchev–Trinajstić information content (AvgIpc) is 3.15. The van der Waals surface area contributed by atoms with Crippen LogP contribution in [-0.4, -0.2) is 30.8 Å². The van der Waals surface area contributed by atoms with Gasteiger partial charge in [-0.05, 0) is 25.0 Å². The largest absolute Gasteiger partial charge is 0.395 e. The first kappa shape index (κ1) is 13.7. The third kappa shape index (κ3) is 3.01. The molecular formula is C13H16F2N2O2. The second-order valence-corrected chi connectivity index (χ2v) is 4.71. The van der Waals surface area contributed by atoms with Crippen molar-refractivity contribution in [3.05, 3.63) is 35.4 Å². The summed E-state index contributed by atoms with van der Waals surface area (Å²) in [4.78, 5) is 11.4. The molecule has 0 aromatic heterocycles. The average molecular weight is 270 g/mol. The zero-order valence-electron chi connectivity index (χ0n) is 10.4. The zero-order chi connectivity index (χ0) is 13.9. The van der Waals surface area contributed by atoms with Gasteiger partial charge in [-0.2, -0.15) is 0 Å². The second-order valence-electron chi connectivity index (χ2n) is 4.71. The number of nitrogens with one attached hydrogen (secondary N) is 2. The van der Waals surface area contributed by atoms with Crippen molar-refractivity contribution < 1.29 is 18.7 Å². The Labute approximate surface area is 109 Å². The maximum atomic E-state index is 13.7. The molecule has 2 amide bonds. The predicted molar refractivity (Wildman–Crippen MR) is 65.8 cm³/mol. The van der Waals surface area contributed by atoms with E-state index in [0.29, 0.717) is 12.8 Å². The number of rotatable bonds is 5. The Morgan fingerprint density at radius 2 is 1.89 bits per heavy atom. The first-order chi connectivity index (χ1) is 9.09. The number of halogens is 2. The van der Waals surface area contributed by atoms with Gasteiger partial charge in [0.25, 0.3) is 0 Å². The van der Waals surface area contributed by atoms with E-state index in [0.717, 1.165) is 0 Å². The summed E-state index contributed by atoms with van der Waals surface area (Å²) in [6.07, 6.45) is 1.29. The van der Waals surface area contributed by atoms with E-state index in [1.54, 1.807) is 0 Å². The van der Waals surface area contributed by atoms with Gasteiger partial charge < -0.3 is 15.7 Å². The van der Waals surface area contributed by atoms with Crippen molar-refractivity contribution in [2.75, 3.05) is 19.7 Å². The predicted octanol–water partition coefficient (Wildman–Crippen LogP) is 1.29. The maximum Gasteiger partial charge on any atom is 0.314 e. The number of carbonyl (C=O) groups is 1. The van der Waals surface area contributed by atoms with Gasteiger partial charge in [-0.3, -0.25) is 0 Å². The fourth-order valence-electron chi connectivity index (χ4n) is 2.15. The summed E-state index contributed by atoms with van der Waals surface area (Å²) in [6, 6.07) is 3.33. The normalized spacial score (nSPS) is 15.9. The van der Waals surface area contributed by atoms with Crippen LogP contribution >= 0.6 is 0 Å². The fourth-order valence-corrected chi connectivity index (χ4v) is 2.15. The first-order valence-electron chi connectivity index (χ1n) is 6.16. The molecule has 1 saturated carbocycles. The third-order valence-corrected chi connectivity index (χ3v) is 3.33. The molecule has 1 fully saturated rings. The lowest BCUT2D eigenvalue weighted by Gasteiger charge is -2.18. The van der Waals surface area contributed by atoms with Crippen LogP contribution in [0.5, 0.6) is 0 Å². The minimum absolute atomic E-state index is 0.0532. The molecule has 19 heavy (non-hydrogen) atoms. The highest BCUT2D eigenvalue weighted by Gasteiger charge is 2.47. The van der Waals surface area contributed by atoms with Crippen LogP contribution in [0.25, 0.3) is 0 Å². The van der Waals surface area contributed by atoms with Crippen molar-refractivity contribution in [2.24, 2.45) is 0 Å². The number of aliphatic hydroxyl groups excluding tert-OH is 1. The molecule has 3 N–H and O–H groups in total. The molecule has 0 radical (unpaired) electrons. The highest BCUT2D eigenvalue weighted by atomic mass is 19.1. The summed E-state index contributed by atoms with van der Waals surface area (Å²) in [7, 11) is 0. The summed E-state index contributed by atoms with van der Waals surface area (Å²) < 4.78 is 27.4. The molecule has 0 bridgehead atoms. The Morgan fingerprint density at radius 1 is 1.26 bits per heavy atom. The summed E-state index contributed by atoms with van der Waals surface area (Å²) in [5, 5.41) is 13.6. The monoisotopic (exact) mass is 270 g/mol. The van der Waals surface area contributed by atoms with Gasteiger partial charge in [-0.15, -0.1) is 0 Å². The van der Waals surface area contributed by atoms with Crippen molar-refractivity contribution in [3.63, 3.8) is 0 Å². The topological polar surface area (TPSA) is 61.4 Å². The lowest BCUT2D eigenvalue weighted by atomic mass is 9.94. The summed E-state index contributed by atoms with van der Waals surface area (Å²) in [6.45, 7) is 0.176. The third-order valence-electron chi connectivity index (χ3n) is 3.33. The van der Waals surface area contributed by atoms with Crippen LogP contribution in [0.1, 0.15) is 18.4 Å². The second kappa shape index (κ2) is 5.52. The number of aliphatic hydroxyl groups is 1. The summed E-state index contributed by atoms with van der Waals surface area (Å²) >= 11 is 0. The van der Waals surface area contributed by atoms with Gasteiger partial charge in [-0.1, -0.05) is 6.07 Å². The first-order valence-corrected chi connectivity index (χ1v) is 6.16. The van der Waals surface area contributed by atoms with Gasteiger partial charge in [0.2, 0.25) is 0 Å². The van der Waals surface area contributed by atoms with Gasteiger partial charge in [0.15, 0.2) is 0 Å². The van der Waals surface area contributed by atoms with Crippen LogP contribution in [0.2, 0.25) is 0 Å². The Balaban J connectivity index is 2.02. The molecule has 0 spiro atoms. The van der Waals surface area contributed by atoms with Crippen LogP contribution in [0, 0.1) is 11.6 Å². The Kier molecular flexibility index (Phi) is 3.99. The van der Waals surface area contributed by atoms with E-state index in [4.69, 9.17) is 5.11 Å². The van der Waals surface area contributed by atoms with Crippen molar-refractivity contribution in [2.45, 2.75) is 18.3 Å². The molecular weight excluding hydrogens is 254 g/mol. The molecule has 1 aromatic rings. The lowest BCUT2D eigenvalue weighted by Crippen LogP contribution is -2.41. The van der Waals surface area contributed by atoms with Crippen molar-refractivity contribution in [1.82, 2.24) is 10.6 Å². The molecule has 104 valence electrons. The number of carbonyl (C=O) groups excluding carboxylic acids is 1. The van der Waals surface area contributed by atoms with Gasteiger partial charge in [0.1, 0.15) is 11.6 Å². The number of amides is 2. The molecule has 4 nitrogen and oxygen atoms in total. The van der Waals surface area contributed by atoms with E-state index in [1.165, 1.54) is 18.2 Å². The molecule has 1 aromatic carbocycles. The van der Waals surface area contributed by atoms with Crippen LogP contribution in [0.15, 0.2) is 18.2 Å². The Morgan fingerprint density at radius 3 is 2.42 bits per heavy atom. The van der Waals surface area contributed by atoms with Gasteiger partial charge in [0, 0.05) is 24.1 Å². The minimum atomic E-state index is -0.633. The lowest BCUT2D eigenvalue weighted by molar-refractivity contribution is 0.233. The highest BCUT2D eigenvalue weighted by molar-refractivity contribution is 5.74. The van der Waals surface area contributed by atoms with E-state index < -0.39 is 23.1 Å². The molecule has 0 saturated heterocycles. The van der Waals surface area contributed by atoms with Gasteiger partial charge in [-0.25, -0.2) is 13.6 Å². The molecule has 0 unspecified atom stereocenters. The minimum Gasteiger partial charge on any atom is -0.395 e. The standard InChI is InChI=1S/C13H16F2N2O2/c14-9-2-1-3-10(15)11(9)13(4-5-13)8-17-12(19)16-6-7-18/h1-3,18H,4-8H2,(H2,16,17,19). The SMILES string of the molecule is O=C(NCCO)NCC1(c2c(F)cccc2F)CC1. The maximum absolute atomic E-state index is 13.7. The van der Waals surface area contributed by atoms with Crippen LogP contribution in [0.3, 0.4) is 0 Å². The van der Waals surface area contributed by atoms with Crippen molar-refractivity contribution >= 4 is 6.03 Å². The fraction of sp³-hybridized carbons (Fsp3) is 0.462. The van der Waals surface area contributed by atoms with Crippen LogP contribution in [-0.2, 0) is 5.41 Å². The number of hydrogen-bond donors (Lipinski definition) is 3. The van der Waals surface area contributed by atoms with E-state index in [9.17, 15) is 13.6 Å². The highest BCUT2D eigenvalue weighted by Crippen LogP contribution is 2.49. The molecule has 2 rings (SSSR count). The Hall–Kier alpha value is -1.69. The molecule has 0 atom stereocenters. The van der Waals surface area contributed by atoms with Crippen LogP contribution in [0.4, 0.5) is 13.6 Å². The van der Waals surface area contributed by atoms with Crippen LogP contribution < -0.4 is 10.6 Å². The van der Waals surface area contributed by atoms with E-state index in [2.05, 4.69) is 10.6 Å². The number of urea groups is 1. The van der Waals surface area contributed by atoms with E-state index >= 15 is 0 Å². The van der Waals surface area contributed by atoms with Crippen molar-refractivity contribution in [3.8, 4) is 0 Å². The van der Waals surface area contributed by atoms with Gasteiger partial charge >= 0.3 is 6.03 Å². The van der Waals surface area contributed by atoms with E-state index in [1.807, 2.05) is 0 Å². The number of hydrogen-bond acceptors (Lipinski definition) is 2. The zero-order valence-corrected chi connectivity index (χ0v) is 10.4. The number of benzene rings is 1. The summed E-state index contributed by atoms with van der Waals surface area (Å²) in [5.41, 5.74) is -0.580. The molecule has 6 heteroatoms. The molecule has 0 aliphatic heterocycles. The quantitative estimate of drug-likeness (QED) is 0.755. The van der Waals surface area contributed by atoms with E-state index in [-0.39, 0.29) is 25.3 Å².